The van der Waals surface area contributed by atoms with Crippen LogP contribution < -0.4 is 34.4 Å². The normalized spacial score (nSPS) is 10.3. The summed E-state index contributed by atoms with van der Waals surface area (Å²) in [4.78, 5) is 16.1. The van der Waals surface area contributed by atoms with E-state index in [4.69, 9.17) is 50.7 Å². The number of rotatable bonds is 9. The van der Waals surface area contributed by atoms with Gasteiger partial charge in [-0.3, -0.25) is 0 Å². The highest BCUT2D eigenvalue weighted by atomic mass is 35.5. The monoisotopic (exact) mass is 738 g/mol. The van der Waals surface area contributed by atoms with Crippen LogP contribution in [-0.2, 0) is 4.74 Å². The Morgan fingerprint density at radius 3 is 1.38 bits per heavy atom. The summed E-state index contributed by atoms with van der Waals surface area (Å²) in [6.45, 7) is 4.27. The first-order valence-corrected chi connectivity index (χ1v) is 19.2. The highest BCUT2D eigenvalue weighted by Gasteiger charge is 2.12. The van der Waals surface area contributed by atoms with Gasteiger partial charge in [0.05, 0.1) is 28.6 Å². The molecule has 0 amide bonds. The average molecular weight is 739 g/mol. The van der Waals surface area contributed by atoms with E-state index in [-0.39, 0.29) is 22.3 Å². The number of para-hydroxylation sites is 2. The first-order valence-electron chi connectivity index (χ1n) is 14.5. The Balaban J connectivity index is 0.000000195. The van der Waals surface area contributed by atoms with E-state index in [9.17, 15) is 4.79 Å². The van der Waals surface area contributed by atoms with Crippen molar-refractivity contribution in [3.8, 4) is 0 Å². The molecule has 8 nitrogen and oxygen atoms in total. The number of hydrogen-bond acceptors (Lipinski definition) is 12. The lowest BCUT2D eigenvalue weighted by molar-refractivity contribution is 0.0459. The van der Waals surface area contributed by atoms with Crippen molar-refractivity contribution in [1.29, 1.82) is 0 Å². The van der Waals surface area contributed by atoms with Crippen LogP contribution >= 0.6 is 54.8 Å². The van der Waals surface area contributed by atoms with Crippen LogP contribution in [0.25, 0.3) is 0 Å². The van der Waals surface area contributed by atoms with Crippen molar-refractivity contribution in [2.75, 3.05) is 41.0 Å². The molecule has 5 aromatic carbocycles. The fraction of sp³-hybridized carbons (Fsp3) is 0.114. The second-order valence-electron chi connectivity index (χ2n) is 10.5. The maximum atomic E-state index is 11.6. The zero-order valence-corrected chi connectivity index (χ0v) is 30.5. The molecule has 12 N–H and O–H groups in total. The Bertz CT molecular complexity index is 1650. The van der Waals surface area contributed by atoms with Gasteiger partial charge in [0.2, 0.25) is 0 Å². The van der Waals surface area contributed by atoms with Gasteiger partial charge in [-0.2, -0.15) is 0 Å². The largest absolute Gasteiger partial charge is 0.462 e. The van der Waals surface area contributed by atoms with Crippen molar-refractivity contribution in [3.05, 3.63) is 120 Å². The maximum Gasteiger partial charge on any atom is 0.338 e. The fourth-order valence-electron chi connectivity index (χ4n) is 3.46. The number of halogens is 1. The molecule has 0 saturated carbocycles. The molecule has 0 spiro atoms. The standard InChI is InChI=1S/2C12H12N2S2.C11H15ClN2O2/c13-9-1-5-11(6-2-9)15-16-12-7-3-10(14)4-8-12;13-9-5-1-3-7-11(9)15-16-12-8-4-2-6-10(12)14;1-6(2)5-16-11(15)7-3-8(13)10(12)9(14)4-7/h2*1-8H,13-14H2;3-4,6H,5,13-14H2,1-2H3. The summed E-state index contributed by atoms with van der Waals surface area (Å²) in [5.41, 5.74) is 38.2. The van der Waals surface area contributed by atoms with E-state index in [2.05, 4.69) is 0 Å². The first-order chi connectivity index (χ1) is 22.9. The molecule has 0 aliphatic rings. The minimum atomic E-state index is -0.441. The molecule has 13 heteroatoms. The summed E-state index contributed by atoms with van der Waals surface area (Å²) in [7, 11) is 6.67. The molecule has 0 fully saturated rings. The Kier molecular flexibility index (Phi) is 15.9. The lowest BCUT2D eigenvalue weighted by Crippen LogP contribution is -2.11. The van der Waals surface area contributed by atoms with Crippen molar-refractivity contribution < 1.29 is 9.53 Å². The Labute approximate surface area is 302 Å². The van der Waals surface area contributed by atoms with E-state index in [0.29, 0.717) is 12.2 Å². The molecule has 0 aliphatic carbocycles. The molecule has 5 rings (SSSR count). The molecule has 252 valence electrons. The van der Waals surface area contributed by atoms with Crippen LogP contribution in [0.1, 0.15) is 24.2 Å². The third kappa shape index (κ3) is 13.3. The van der Waals surface area contributed by atoms with Gasteiger partial charge in [0.15, 0.2) is 0 Å². The maximum absolute atomic E-state index is 11.6. The molecule has 0 bridgehead atoms. The molecular formula is C35H39ClN6O2S4. The minimum absolute atomic E-state index is 0.264. The molecule has 48 heavy (non-hydrogen) atoms. The third-order valence-corrected chi connectivity index (χ3v) is 11.3. The van der Waals surface area contributed by atoms with Gasteiger partial charge in [-0.25, -0.2) is 4.79 Å². The van der Waals surface area contributed by atoms with Gasteiger partial charge in [0.25, 0.3) is 0 Å². The molecule has 0 radical (unpaired) electrons. The van der Waals surface area contributed by atoms with Gasteiger partial charge in [-0.1, -0.05) is 92.9 Å². The second kappa shape index (κ2) is 19.8. The predicted octanol–water partition coefficient (Wildman–Crippen LogP) is 9.62. The molecular weight excluding hydrogens is 700 g/mol. The number of anilines is 6. The van der Waals surface area contributed by atoms with Gasteiger partial charge in [-0.15, -0.1) is 0 Å². The van der Waals surface area contributed by atoms with Crippen molar-refractivity contribution in [3.63, 3.8) is 0 Å². The Morgan fingerprint density at radius 2 is 1.00 bits per heavy atom. The summed E-state index contributed by atoms with van der Waals surface area (Å²) in [6.07, 6.45) is 0. The van der Waals surface area contributed by atoms with Gasteiger partial charge >= 0.3 is 5.97 Å². The lowest BCUT2D eigenvalue weighted by Gasteiger charge is -2.09. The van der Waals surface area contributed by atoms with E-state index >= 15 is 0 Å². The lowest BCUT2D eigenvalue weighted by atomic mass is 10.1. The van der Waals surface area contributed by atoms with Crippen LogP contribution in [0.5, 0.6) is 0 Å². The number of benzene rings is 5. The van der Waals surface area contributed by atoms with Gasteiger partial charge in [0, 0.05) is 42.3 Å². The molecule has 0 heterocycles. The smallest absolute Gasteiger partial charge is 0.338 e. The van der Waals surface area contributed by atoms with Crippen LogP contribution in [0.2, 0.25) is 5.02 Å². The van der Waals surface area contributed by atoms with Crippen molar-refractivity contribution >= 4 is 94.9 Å². The summed E-state index contributed by atoms with van der Waals surface area (Å²) >= 11 is 5.78. The number of nitrogen functional groups attached to an aromatic ring is 6. The molecule has 0 aromatic heterocycles. The Hall–Kier alpha value is -3.94. The van der Waals surface area contributed by atoms with E-state index < -0.39 is 5.97 Å². The van der Waals surface area contributed by atoms with E-state index in [1.165, 1.54) is 21.9 Å². The number of hydrogen-bond donors (Lipinski definition) is 6. The Morgan fingerprint density at radius 1 is 0.604 bits per heavy atom. The van der Waals surface area contributed by atoms with E-state index in [0.717, 1.165) is 32.5 Å². The zero-order chi connectivity index (χ0) is 35.1. The van der Waals surface area contributed by atoms with Crippen molar-refractivity contribution in [1.82, 2.24) is 0 Å². The fourth-order valence-corrected chi connectivity index (χ4v) is 7.72. The third-order valence-electron chi connectivity index (χ3n) is 5.97. The zero-order valence-electron chi connectivity index (χ0n) is 26.5. The van der Waals surface area contributed by atoms with Crippen LogP contribution in [-0.4, -0.2) is 12.6 Å². The van der Waals surface area contributed by atoms with Gasteiger partial charge in [-0.05, 0) is 90.8 Å². The summed E-state index contributed by atoms with van der Waals surface area (Å²) in [5, 5.41) is 0.264. The van der Waals surface area contributed by atoms with Crippen LogP contribution in [0.3, 0.4) is 0 Å². The number of carbonyl (C=O) groups is 1. The summed E-state index contributed by atoms with van der Waals surface area (Å²) < 4.78 is 5.05. The topological polar surface area (TPSA) is 182 Å². The number of ether oxygens (including phenoxy) is 1. The second-order valence-corrected chi connectivity index (χ2v) is 15.4. The minimum Gasteiger partial charge on any atom is -0.462 e. The number of nitrogens with two attached hydrogens (primary N) is 6. The van der Waals surface area contributed by atoms with Gasteiger partial charge < -0.3 is 39.1 Å². The molecule has 0 atom stereocenters. The van der Waals surface area contributed by atoms with E-state index in [1.54, 1.807) is 43.2 Å². The molecule has 0 unspecified atom stereocenters. The quantitative estimate of drug-likeness (QED) is 0.0479. The highest BCUT2D eigenvalue weighted by molar-refractivity contribution is 8.77. The number of carbonyl (C=O) groups excluding carboxylic acids is 1. The SMILES string of the molecule is CC(C)COC(=O)c1cc(N)c(Cl)c(N)c1.Nc1ccc(SSc2ccc(N)cc2)cc1.Nc1ccccc1SSc1ccccc1N. The van der Waals surface area contributed by atoms with Gasteiger partial charge in [0.1, 0.15) is 0 Å². The van der Waals surface area contributed by atoms with Crippen molar-refractivity contribution in [2.45, 2.75) is 33.4 Å². The summed E-state index contributed by atoms with van der Waals surface area (Å²) in [5.74, 6) is -0.158. The summed E-state index contributed by atoms with van der Waals surface area (Å²) in [6, 6.07) is 34.3. The van der Waals surface area contributed by atoms with Crippen molar-refractivity contribution in [2.24, 2.45) is 5.92 Å². The molecule has 0 aliphatic heterocycles. The van der Waals surface area contributed by atoms with Crippen LogP contribution in [0, 0.1) is 5.92 Å². The molecule has 5 aromatic rings. The highest BCUT2D eigenvalue weighted by Crippen LogP contribution is 2.42. The predicted molar refractivity (Wildman–Crippen MR) is 212 cm³/mol. The van der Waals surface area contributed by atoms with Crippen LogP contribution in [0.15, 0.2) is 129 Å². The average Bonchev–Trinajstić information content (AvgIpc) is 3.07. The van der Waals surface area contributed by atoms with Crippen LogP contribution in [0.4, 0.5) is 34.1 Å². The molecule has 0 saturated heterocycles. The first kappa shape index (κ1) is 38.5. The van der Waals surface area contributed by atoms with E-state index in [1.807, 2.05) is 111 Å². The number of esters is 1.